The Morgan fingerprint density at radius 2 is 1.74 bits per heavy atom. The first-order valence-electron chi connectivity index (χ1n) is 20.0. The summed E-state index contributed by atoms with van der Waals surface area (Å²) in [5.74, 6) is -0.848. The normalized spacial score (nSPS) is 38.9. The van der Waals surface area contributed by atoms with Crippen molar-refractivity contribution in [3.8, 4) is 0 Å². The van der Waals surface area contributed by atoms with Crippen LogP contribution >= 0.6 is 0 Å². The smallest absolute Gasteiger partial charge is 0.340 e. The molecule has 1 aliphatic carbocycles. The number of fused-ring (bicyclic) bond motifs is 6. The van der Waals surface area contributed by atoms with Gasteiger partial charge in [0.25, 0.3) is 0 Å². The Kier molecular flexibility index (Phi) is 8.01. The van der Waals surface area contributed by atoms with Crippen molar-refractivity contribution in [2.75, 3.05) is 58.9 Å². The molecule has 0 amide bonds. The molecule has 6 aliphatic rings. The van der Waals surface area contributed by atoms with Gasteiger partial charge in [0, 0.05) is 60.4 Å². The van der Waals surface area contributed by atoms with E-state index in [0.29, 0.717) is 32.2 Å². The zero-order chi connectivity index (χ0) is 37.1. The van der Waals surface area contributed by atoms with Gasteiger partial charge in [0.05, 0.1) is 25.9 Å². The Morgan fingerprint density at radius 1 is 0.943 bits per heavy atom. The molecule has 0 radical (unpaired) electrons. The summed E-state index contributed by atoms with van der Waals surface area (Å²) in [6.45, 7) is 8.37. The number of esters is 2. The van der Waals surface area contributed by atoms with Crippen molar-refractivity contribution >= 4 is 28.5 Å². The van der Waals surface area contributed by atoms with Gasteiger partial charge in [0.15, 0.2) is 5.60 Å². The fraction of sp³-hybridized carbons (Fsp3) is 0.628. The second-order valence-electron chi connectivity index (χ2n) is 17.6. The number of piperidine rings is 2. The zero-order valence-electron chi connectivity index (χ0n) is 32.0. The number of hydrogen-bond acceptors (Lipinski definition) is 9. The second-order valence-corrected chi connectivity index (χ2v) is 17.6. The minimum absolute atomic E-state index is 0.0270. The number of anilines is 1. The molecule has 10 nitrogen and oxygen atoms in total. The average Bonchev–Trinajstić information content (AvgIpc) is 3.83. The summed E-state index contributed by atoms with van der Waals surface area (Å²) in [7, 11) is 4.90. The van der Waals surface area contributed by atoms with Crippen LogP contribution in [0.25, 0.3) is 10.9 Å². The molecule has 1 unspecified atom stereocenters. The van der Waals surface area contributed by atoms with Crippen molar-refractivity contribution in [2.24, 2.45) is 11.3 Å². The number of carbonyl (C=O) groups is 2. The van der Waals surface area contributed by atoms with Gasteiger partial charge in [-0.1, -0.05) is 44.2 Å². The number of methoxy groups -OCH3 is 2. The van der Waals surface area contributed by atoms with E-state index in [1.165, 1.54) is 14.2 Å². The lowest BCUT2D eigenvalue weighted by molar-refractivity contribution is -0.188. The summed E-state index contributed by atoms with van der Waals surface area (Å²) in [6, 6.07) is 14.4. The van der Waals surface area contributed by atoms with Crippen molar-refractivity contribution in [1.29, 1.82) is 0 Å². The number of rotatable bonds is 5. The van der Waals surface area contributed by atoms with Gasteiger partial charge in [-0.25, -0.2) is 4.79 Å². The van der Waals surface area contributed by atoms with E-state index in [9.17, 15) is 15.0 Å². The van der Waals surface area contributed by atoms with E-state index in [-0.39, 0.29) is 23.3 Å². The number of nitrogens with zero attached hydrogens (tertiary/aromatic N) is 3. The van der Waals surface area contributed by atoms with Gasteiger partial charge in [-0.05, 0) is 111 Å². The van der Waals surface area contributed by atoms with Crippen LogP contribution in [0, 0.1) is 11.3 Å². The Bertz CT molecular complexity index is 1980. The molecule has 3 N–H and O–H groups in total. The van der Waals surface area contributed by atoms with Crippen molar-refractivity contribution < 1.29 is 29.3 Å². The number of nitrogens with one attached hydrogen (secondary N) is 1. The van der Waals surface area contributed by atoms with Crippen LogP contribution in [-0.4, -0.2) is 114 Å². The standard InChI is InChI=1S/C43H56N4O6/c1-6-39-16-10-18-47-20-17-41(35(39)47)31-21-28(13-14-33(31)45(3)36(41)43(51,25-39)38(49)53-5)42(37(48)52-4)23-27-22-40(50,7-2)26-46(24-27)19-15-30-29-11-8-9-12-32(29)44-34(30)42/h8-9,11-14,21,27,35-36,44,50-51H,6-7,10,15-20,22-26H2,1-5H3/t27-,35-,36+,39-,40-,41+,42-,43+/m0/s1. The first kappa shape index (κ1) is 35.3. The van der Waals surface area contributed by atoms with E-state index in [0.717, 1.165) is 97.3 Å². The van der Waals surface area contributed by atoms with Gasteiger partial charge < -0.3 is 29.6 Å². The van der Waals surface area contributed by atoms with Crippen LogP contribution in [0.3, 0.4) is 0 Å². The van der Waals surface area contributed by atoms with E-state index >= 15 is 4.79 Å². The Morgan fingerprint density at radius 3 is 2.49 bits per heavy atom. The van der Waals surface area contributed by atoms with Crippen molar-refractivity contribution in [2.45, 2.75) is 106 Å². The first-order valence-corrected chi connectivity index (χ1v) is 20.0. The number of H-pyrrole nitrogens is 1. The molecule has 2 bridgehead atoms. The number of ether oxygens (including phenoxy) is 2. The van der Waals surface area contributed by atoms with Crippen molar-refractivity contribution in [1.82, 2.24) is 14.8 Å². The first-order chi connectivity index (χ1) is 25.4. The van der Waals surface area contributed by atoms with E-state index in [2.05, 4.69) is 69.9 Å². The number of aliphatic hydroxyl groups is 2. The van der Waals surface area contributed by atoms with Gasteiger partial charge in [-0.2, -0.15) is 0 Å². The van der Waals surface area contributed by atoms with Gasteiger partial charge in [-0.15, -0.1) is 0 Å². The number of aromatic amines is 1. The number of benzene rings is 2. The molecule has 1 saturated carbocycles. The summed E-state index contributed by atoms with van der Waals surface area (Å²) in [4.78, 5) is 39.9. The molecular weight excluding hydrogens is 668 g/mol. The third-order valence-electron chi connectivity index (χ3n) is 15.3. The molecule has 1 aromatic heterocycles. The van der Waals surface area contributed by atoms with E-state index in [4.69, 9.17) is 9.47 Å². The van der Waals surface area contributed by atoms with Gasteiger partial charge >= 0.3 is 11.9 Å². The number of para-hydroxylation sites is 1. The molecule has 3 aromatic rings. The molecule has 5 aliphatic heterocycles. The van der Waals surface area contributed by atoms with E-state index < -0.39 is 34.0 Å². The molecule has 2 aromatic carbocycles. The molecule has 3 saturated heterocycles. The highest BCUT2D eigenvalue weighted by Crippen LogP contribution is 2.68. The Hall–Kier alpha value is -3.44. The summed E-state index contributed by atoms with van der Waals surface area (Å²) >= 11 is 0. The van der Waals surface area contributed by atoms with E-state index in [1.54, 1.807) is 0 Å². The zero-order valence-corrected chi connectivity index (χ0v) is 32.0. The molecule has 9 rings (SSSR count). The highest BCUT2D eigenvalue weighted by molar-refractivity contribution is 5.94. The lowest BCUT2D eigenvalue weighted by atomic mass is 9.48. The average molecular weight is 725 g/mol. The molecule has 6 heterocycles. The van der Waals surface area contributed by atoms with E-state index in [1.807, 2.05) is 13.1 Å². The minimum Gasteiger partial charge on any atom is -0.468 e. The largest absolute Gasteiger partial charge is 0.468 e. The third kappa shape index (κ3) is 4.58. The predicted octanol–water partition coefficient (Wildman–Crippen LogP) is 4.66. The summed E-state index contributed by atoms with van der Waals surface area (Å²) in [6.07, 6.45) is 6.45. The SMILES string of the molecule is CC[C@]1(O)C[C@@H]2CN(CCc3c([nH]c4ccccc34)[C@@](C(=O)OC)(c3ccc4c(c3)[C@@]35CCN6CCC[C@@](CC)(C[C@](O)(C(=O)OC)[C@@H]3N4C)[C@H]65)C2)C1. The Balaban J connectivity index is 1.31. The van der Waals surface area contributed by atoms with Crippen LogP contribution in [0.1, 0.15) is 87.6 Å². The Labute approximate surface area is 312 Å². The number of likely N-dealkylation sites (N-methyl/N-ethyl adjacent to an activating group) is 1. The summed E-state index contributed by atoms with van der Waals surface area (Å²) in [5, 5.41) is 25.8. The highest BCUT2D eigenvalue weighted by atomic mass is 16.5. The van der Waals surface area contributed by atoms with Gasteiger partial charge in [0.1, 0.15) is 5.41 Å². The van der Waals surface area contributed by atoms with Crippen LogP contribution in [0.2, 0.25) is 0 Å². The fourth-order valence-corrected chi connectivity index (χ4v) is 13.4. The molecule has 1 spiro atoms. The molecule has 10 heteroatoms. The van der Waals surface area contributed by atoms with Crippen molar-refractivity contribution in [3.63, 3.8) is 0 Å². The monoisotopic (exact) mass is 724 g/mol. The number of carbonyl (C=O) groups excluding carboxylic acids is 2. The quantitative estimate of drug-likeness (QED) is 0.323. The number of hydrogen-bond donors (Lipinski definition) is 3. The summed E-state index contributed by atoms with van der Waals surface area (Å²) in [5.41, 5.74) is 1.37. The van der Waals surface area contributed by atoms with Crippen molar-refractivity contribution in [3.05, 3.63) is 64.8 Å². The van der Waals surface area contributed by atoms with Crippen LogP contribution in [0.5, 0.6) is 0 Å². The van der Waals surface area contributed by atoms with Crippen LogP contribution in [0.4, 0.5) is 5.69 Å². The topological polar surface area (TPSA) is 119 Å². The fourth-order valence-electron chi connectivity index (χ4n) is 13.4. The van der Waals surface area contributed by atoms with Gasteiger partial charge in [-0.3, -0.25) is 14.6 Å². The van der Waals surface area contributed by atoms with Crippen LogP contribution in [-0.2, 0) is 36.3 Å². The minimum atomic E-state index is -1.71. The lowest BCUT2D eigenvalue weighted by Gasteiger charge is -2.62. The second kappa shape index (κ2) is 12.0. The molecule has 9 atom stereocenters. The molecule has 4 fully saturated rings. The number of aromatic nitrogens is 1. The molecular formula is C43H56N4O6. The summed E-state index contributed by atoms with van der Waals surface area (Å²) < 4.78 is 11.4. The van der Waals surface area contributed by atoms with Gasteiger partial charge in [0.2, 0.25) is 0 Å². The molecule has 284 valence electrons. The highest BCUT2D eigenvalue weighted by Gasteiger charge is 2.75. The maximum absolute atomic E-state index is 15.0. The van der Waals surface area contributed by atoms with Crippen LogP contribution in [0.15, 0.2) is 42.5 Å². The van der Waals surface area contributed by atoms with Crippen LogP contribution < -0.4 is 4.90 Å². The maximum Gasteiger partial charge on any atom is 0.340 e. The lowest BCUT2D eigenvalue weighted by Crippen LogP contribution is -2.75. The third-order valence-corrected chi connectivity index (χ3v) is 15.3. The predicted molar refractivity (Wildman–Crippen MR) is 203 cm³/mol. The molecule has 53 heavy (non-hydrogen) atoms. The maximum atomic E-state index is 15.0.